The molecule has 315 valence electrons. The molecule has 9 aromatic rings. The summed E-state index contributed by atoms with van der Waals surface area (Å²) in [5.41, 5.74) is -3.00. The third-order valence-corrected chi connectivity index (χ3v) is 16.1. The van der Waals surface area contributed by atoms with Crippen molar-refractivity contribution in [2.24, 2.45) is 0 Å². The Morgan fingerprint density at radius 1 is 0.444 bits per heavy atom. The minimum atomic E-state index is -5.28. The Hall–Kier alpha value is -5.47. The Kier molecular flexibility index (Phi) is 15.5. The van der Waals surface area contributed by atoms with Gasteiger partial charge in [0.15, 0.2) is 19.8 Å². The van der Waals surface area contributed by atoms with Crippen LogP contribution in [-0.4, -0.2) is 17.1 Å². The number of ketones is 1. The first-order valence-electron chi connectivity index (χ1n) is 19.3. The molecule has 0 atom stereocenters. The van der Waals surface area contributed by atoms with Crippen molar-refractivity contribution < 1.29 is 86.0 Å². The van der Waals surface area contributed by atoms with Crippen LogP contribution in [0.15, 0.2) is 228 Å². The van der Waals surface area contributed by atoms with Gasteiger partial charge in [0.2, 0.25) is 0 Å². The third kappa shape index (κ3) is 10.2. The SMILES string of the molecule is O=C(c1c(O)c2ccc3ccccc3c2oc1=O)C(F)(F)F.O=P(c1ccccc1)(c1ccccc1)c1ccccc1.O=P(c1ccccc1)(c1ccccc1)c1ccccc1.[Eu]. The van der Waals surface area contributed by atoms with Crippen molar-refractivity contribution in [2.45, 2.75) is 6.18 Å². The normalized spacial score (nSPS) is 11.3. The van der Waals surface area contributed by atoms with Crippen molar-refractivity contribution in [3.8, 4) is 5.75 Å². The van der Waals surface area contributed by atoms with Gasteiger partial charge in [-0.3, -0.25) is 4.79 Å². The molecule has 0 aliphatic carbocycles. The van der Waals surface area contributed by atoms with E-state index in [-0.39, 0.29) is 60.3 Å². The van der Waals surface area contributed by atoms with Crippen molar-refractivity contribution >= 4 is 73.6 Å². The molecule has 1 heterocycles. The number of Topliss-reactive ketones (excluding diaryl/α,β-unsaturated/α-hetero) is 1. The van der Waals surface area contributed by atoms with Crippen molar-refractivity contribution in [1.29, 1.82) is 0 Å². The first kappa shape index (κ1) is 47.0. The number of hydrogen-bond acceptors (Lipinski definition) is 6. The smallest absolute Gasteiger partial charge is 0.455 e. The topological polar surface area (TPSA) is 102 Å². The van der Waals surface area contributed by atoms with Crippen LogP contribution in [0.25, 0.3) is 21.7 Å². The fourth-order valence-corrected chi connectivity index (χ4v) is 12.3. The average Bonchev–Trinajstić information content (AvgIpc) is 3.32. The second-order valence-corrected chi connectivity index (χ2v) is 19.4. The molecule has 0 fully saturated rings. The van der Waals surface area contributed by atoms with Gasteiger partial charge in [0.05, 0.1) is 5.39 Å². The van der Waals surface area contributed by atoms with Gasteiger partial charge in [-0.2, -0.15) is 13.2 Å². The zero-order chi connectivity index (χ0) is 43.7. The molecule has 8 aromatic carbocycles. The Labute approximate surface area is 402 Å². The van der Waals surface area contributed by atoms with Gasteiger partial charge in [0, 0.05) is 86.6 Å². The minimum Gasteiger partial charge on any atom is -0.506 e. The molecule has 0 saturated heterocycles. The van der Waals surface area contributed by atoms with E-state index >= 15 is 0 Å². The second-order valence-electron chi connectivity index (χ2n) is 13.8. The maximum absolute atomic E-state index is 13.8. The van der Waals surface area contributed by atoms with E-state index in [9.17, 15) is 37.0 Å². The fourth-order valence-electron chi connectivity index (χ4n) is 6.98. The maximum atomic E-state index is 13.8. The number of benzene rings is 8. The van der Waals surface area contributed by atoms with E-state index in [1.165, 1.54) is 6.07 Å². The number of carbonyl (C=O) groups is 1. The van der Waals surface area contributed by atoms with E-state index in [2.05, 4.69) is 0 Å². The van der Waals surface area contributed by atoms with E-state index in [1.807, 2.05) is 182 Å². The molecule has 0 aliphatic heterocycles. The summed E-state index contributed by atoms with van der Waals surface area (Å²) >= 11 is 0. The van der Waals surface area contributed by atoms with E-state index < -0.39 is 43.2 Å². The fraction of sp³-hybridized carbons (Fsp3) is 0.0196. The van der Waals surface area contributed by atoms with Crippen LogP contribution in [0.3, 0.4) is 0 Å². The molecule has 1 N–H and O–H groups in total. The molecule has 63 heavy (non-hydrogen) atoms. The standard InChI is InChI=1S/2C18H15OP.C15H7F3O4.Eu/c2*19-20(16-10-4-1-5-11-16,17-12-6-2-7-13-17)18-14-8-3-9-15-18;16-15(17,18)13(20)10-11(19)9-6-5-7-3-1-2-4-8(7)12(9)22-14(10)21;/h2*1-15H;1-6,19H;. The van der Waals surface area contributed by atoms with Crippen molar-refractivity contribution in [3.63, 3.8) is 0 Å². The molecule has 0 saturated carbocycles. The molecular weight excluding hydrogens is 979 g/mol. The van der Waals surface area contributed by atoms with Crippen LogP contribution < -0.4 is 37.5 Å². The predicted molar refractivity (Wildman–Crippen MR) is 244 cm³/mol. The number of halogens is 3. The van der Waals surface area contributed by atoms with Crippen LogP contribution in [0, 0.1) is 49.4 Å². The van der Waals surface area contributed by atoms with Crippen LogP contribution in [0.4, 0.5) is 13.2 Å². The molecule has 1 radical (unpaired) electrons. The predicted octanol–water partition coefficient (Wildman–Crippen LogP) is 10.0. The maximum Gasteiger partial charge on any atom is 0.455 e. The van der Waals surface area contributed by atoms with Gasteiger partial charge in [-0.25, -0.2) is 4.79 Å². The van der Waals surface area contributed by atoms with E-state index in [1.54, 1.807) is 30.3 Å². The largest absolute Gasteiger partial charge is 0.506 e. The van der Waals surface area contributed by atoms with Crippen LogP contribution in [0.1, 0.15) is 10.4 Å². The molecule has 6 nitrogen and oxygen atoms in total. The van der Waals surface area contributed by atoms with Crippen molar-refractivity contribution in [1.82, 2.24) is 0 Å². The van der Waals surface area contributed by atoms with Gasteiger partial charge in [-0.05, 0) is 11.5 Å². The van der Waals surface area contributed by atoms with Gasteiger partial charge >= 0.3 is 11.8 Å². The Bertz CT molecular complexity index is 2760. The third-order valence-electron chi connectivity index (χ3n) is 9.97. The summed E-state index contributed by atoms with van der Waals surface area (Å²) in [4.78, 5) is 23.0. The Morgan fingerprint density at radius 2 is 0.746 bits per heavy atom. The summed E-state index contributed by atoms with van der Waals surface area (Å²) in [5.74, 6) is -3.46. The van der Waals surface area contributed by atoms with Crippen LogP contribution in [0.5, 0.6) is 5.75 Å². The Balaban J connectivity index is 0.000000156. The minimum absolute atomic E-state index is 0. The van der Waals surface area contributed by atoms with Gasteiger partial charge in [-0.1, -0.05) is 212 Å². The van der Waals surface area contributed by atoms with Crippen LogP contribution in [-0.2, 0) is 9.13 Å². The molecule has 9 rings (SSSR count). The van der Waals surface area contributed by atoms with E-state index in [0.717, 1.165) is 31.8 Å². The molecule has 12 heteroatoms. The molecular formula is C51H37EuF3O6P2. The molecule has 0 aliphatic rings. The summed E-state index contributed by atoms with van der Waals surface area (Å²) < 4.78 is 70.0. The number of fused-ring (bicyclic) bond motifs is 3. The van der Waals surface area contributed by atoms with Gasteiger partial charge in [-0.15, -0.1) is 0 Å². The number of alkyl halides is 3. The molecule has 1 aromatic heterocycles. The van der Waals surface area contributed by atoms with Crippen molar-refractivity contribution in [3.05, 3.63) is 234 Å². The summed E-state index contributed by atoms with van der Waals surface area (Å²) in [6.07, 6.45) is -5.28. The molecule has 0 unspecified atom stereocenters. The van der Waals surface area contributed by atoms with Crippen molar-refractivity contribution in [2.75, 3.05) is 0 Å². The molecule has 0 spiro atoms. The summed E-state index contributed by atoms with van der Waals surface area (Å²) in [7, 11) is -5.55. The number of carbonyl (C=O) groups excluding carboxylic acids is 1. The van der Waals surface area contributed by atoms with Crippen LogP contribution in [0.2, 0.25) is 0 Å². The zero-order valence-corrected chi connectivity index (χ0v) is 37.4. The molecule has 0 bridgehead atoms. The number of rotatable bonds is 7. The van der Waals surface area contributed by atoms with E-state index in [0.29, 0.717) is 10.8 Å². The van der Waals surface area contributed by atoms with E-state index in [4.69, 9.17) is 4.42 Å². The first-order valence-corrected chi connectivity index (χ1v) is 22.7. The monoisotopic (exact) mass is 1020 g/mol. The first-order chi connectivity index (χ1) is 29.9. The summed E-state index contributed by atoms with van der Waals surface area (Å²) in [6.45, 7) is 0. The number of hydrogen-bond donors (Lipinski definition) is 1. The Morgan fingerprint density at radius 3 is 1.06 bits per heavy atom. The second kappa shape index (κ2) is 20.8. The summed E-state index contributed by atoms with van der Waals surface area (Å²) in [6, 6.07) is 67.8. The quantitative estimate of drug-likeness (QED) is 0.0739. The summed E-state index contributed by atoms with van der Waals surface area (Å²) in [5, 5.41) is 16.2. The van der Waals surface area contributed by atoms with Gasteiger partial charge < -0.3 is 18.7 Å². The van der Waals surface area contributed by atoms with Gasteiger partial charge in [0.1, 0.15) is 11.3 Å². The molecule has 0 amide bonds. The zero-order valence-electron chi connectivity index (χ0n) is 33.2. The average molecular weight is 1020 g/mol. The van der Waals surface area contributed by atoms with Crippen LogP contribution >= 0.6 is 14.3 Å². The number of aromatic hydroxyl groups is 1. The van der Waals surface area contributed by atoms with Gasteiger partial charge in [0.25, 0.3) is 5.78 Å².